The average molecular weight is 261 g/mol. The van der Waals surface area contributed by atoms with E-state index in [4.69, 9.17) is 10.5 Å². The number of carbonyl (C=O) groups excluding carboxylic acids is 1. The lowest BCUT2D eigenvalue weighted by Gasteiger charge is -2.36. The van der Waals surface area contributed by atoms with Gasteiger partial charge in [-0.3, -0.25) is 4.79 Å². The molecule has 0 unspecified atom stereocenters. The molecule has 0 radical (unpaired) electrons. The number of hydrogen-bond donors (Lipinski definition) is 1. The van der Waals surface area contributed by atoms with Crippen LogP contribution in [-0.4, -0.2) is 18.1 Å². The Bertz CT molecular complexity index is 408. The van der Waals surface area contributed by atoms with Crippen molar-refractivity contribution in [3.63, 3.8) is 0 Å². The first-order valence-corrected chi connectivity index (χ1v) is 7.12. The van der Waals surface area contributed by atoms with Crippen LogP contribution in [0.1, 0.15) is 50.5 Å². The van der Waals surface area contributed by atoms with Gasteiger partial charge in [0.2, 0.25) is 0 Å². The van der Waals surface area contributed by atoms with Gasteiger partial charge in [0.25, 0.3) is 0 Å². The van der Waals surface area contributed by atoms with Crippen LogP contribution in [0.4, 0.5) is 0 Å². The van der Waals surface area contributed by atoms with Crippen LogP contribution in [0.25, 0.3) is 0 Å². The zero-order valence-corrected chi connectivity index (χ0v) is 11.6. The molecule has 1 aromatic carbocycles. The third-order valence-electron chi connectivity index (χ3n) is 4.05. The van der Waals surface area contributed by atoms with Crippen molar-refractivity contribution in [3.8, 4) is 0 Å². The zero-order valence-electron chi connectivity index (χ0n) is 11.6. The van der Waals surface area contributed by atoms with Gasteiger partial charge in [0.1, 0.15) is 0 Å². The Hall–Kier alpha value is -1.35. The van der Waals surface area contributed by atoms with Crippen LogP contribution in [0.5, 0.6) is 0 Å². The quantitative estimate of drug-likeness (QED) is 0.848. The predicted molar refractivity (Wildman–Crippen MR) is 75.8 cm³/mol. The summed E-state index contributed by atoms with van der Waals surface area (Å²) in [5, 5.41) is 0. The number of rotatable bonds is 4. The summed E-state index contributed by atoms with van der Waals surface area (Å²) in [6.45, 7) is 2.26. The lowest BCUT2D eigenvalue weighted by atomic mass is 9.73. The number of hydrogen-bond acceptors (Lipinski definition) is 3. The molecule has 104 valence electrons. The molecule has 0 amide bonds. The van der Waals surface area contributed by atoms with Crippen molar-refractivity contribution in [2.75, 3.05) is 6.61 Å². The fourth-order valence-electron chi connectivity index (χ4n) is 2.93. The second-order valence-corrected chi connectivity index (χ2v) is 5.53. The molecule has 3 nitrogen and oxygen atoms in total. The smallest absolute Gasteiger partial charge is 0.307 e. The summed E-state index contributed by atoms with van der Waals surface area (Å²) < 4.78 is 5.00. The molecule has 2 N–H and O–H groups in total. The van der Waals surface area contributed by atoms with Crippen molar-refractivity contribution in [1.82, 2.24) is 0 Å². The minimum atomic E-state index is -0.364. The molecular formula is C16H23NO2. The Labute approximate surface area is 115 Å². The first-order chi connectivity index (χ1) is 9.13. The maximum Gasteiger partial charge on any atom is 0.307 e. The van der Waals surface area contributed by atoms with E-state index in [0.29, 0.717) is 18.9 Å². The van der Waals surface area contributed by atoms with Crippen molar-refractivity contribution < 1.29 is 9.53 Å². The molecule has 19 heavy (non-hydrogen) atoms. The van der Waals surface area contributed by atoms with Gasteiger partial charge in [-0.2, -0.15) is 0 Å². The first-order valence-electron chi connectivity index (χ1n) is 7.12. The minimum absolute atomic E-state index is 0.164. The molecule has 1 aromatic rings. The summed E-state index contributed by atoms with van der Waals surface area (Å²) in [4.78, 5) is 11.6. The SMILES string of the molecule is CCOC(=O)CC1(N)CCC(c2ccccc2)CC1. The molecule has 0 bridgehead atoms. The maximum atomic E-state index is 11.6. The lowest BCUT2D eigenvalue weighted by molar-refractivity contribution is -0.144. The van der Waals surface area contributed by atoms with Gasteiger partial charge in [-0.1, -0.05) is 30.3 Å². The number of benzene rings is 1. The van der Waals surface area contributed by atoms with Crippen molar-refractivity contribution in [3.05, 3.63) is 35.9 Å². The molecule has 0 atom stereocenters. The largest absolute Gasteiger partial charge is 0.466 e. The van der Waals surface area contributed by atoms with E-state index in [-0.39, 0.29) is 11.5 Å². The molecule has 0 spiro atoms. The highest BCUT2D eigenvalue weighted by atomic mass is 16.5. The Morgan fingerprint density at radius 3 is 2.53 bits per heavy atom. The van der Waals surface area contributed by atoms with E-state index in [1.54, 1.807) is 0 Å². The molecule has 0 heterocycles. The van der Waals surface area contributed by atoms with Gasteiger partial charge in [-0.25, -0.2) is 0 Å². The van der Waals surface area contributed by atoms with Crippen LogP contribution < -0.4 is 5.73 Å². The van der Waals surface area contributed by atoms with Crippen LogP contribution in [0.3, 0.4) is 0 Å². The Morgan fingerprint density at radius 2 is 1.95 bits per heavy atom. The summed E-state index contributed by atoms with van der Waals surface area (Å²) in [5.74, 6) is 0.420. The van der Waals surface area contributed by atoms with Crippen LogP contribution in [-0.2, 0) is 9.53 Å². The summed E-state index contributed by atoms with van der Waals surface area (Å²) in [6, 6.07) is 10.6. The van der Waals surface area contributed by atoms with Crippen molar-refractivity contribution >= 4 is 5.97 Å². The van der Waals surface area contributed by atoms with Crippen LogP contribution in [0.2, 0.25) is 0 Å². The molecule has 3 heteroatoms. The second-order valence-electron chi connectivity index (χ2n) is 5.53. The van der Waals surface area contributed by atoms with E-state index in [0.717, 1.165) is 25.7 Å². The molecule has 0 aliphatic heterocycles. The third-order valence-corrected chi connectivity index (χ3v) is 4.05. The predicted octanol–water partition coefficient (Wildman–Crippen LogP) is 2.99. The normalized spacial score (nSPS) is 26.9. The van der Waals surface area contributed by atoms with E-state index >= 15 is 0 Å². The molecule has 2 rings (SSSR count). The molecule has 1 saturated carbocycles. The highest BCUT2D eigenvalue weighted by Crippen LogP contribution is 2.38. The van der Waals surface area contributed by atoms with Crippen LogP contribution in [0, 0.1) is 0 Å². The van der Waals surface area contributed by atoms with E-state index in [9.17, 15) is 4.79 Å². The van der Waals surface area contributed by atoms with Gasteiger partial charge in [0, 0.05) is 5.54 Å². The molecule has 0 aromatic heterocycles. The van der Waals surface area contributed by atoms with Crippen molar-refractivity contribution in [1.29, 1.82) is 0 Å². The second kappa shape index (κ2) is 6.20. The summed E-state index contributed by atoms with van der Waals surface area (Å²) in [5.41, 5.74) is 7.36. The molecule has 1 aliphatic carbocycles. The Kier molecular flexibility index (Phi) is 4.59. The first kappa shape index (κ1) is 14.1. The van der Waals surface area contributed by atoms with Gasteiger partial charge in [-0.15, -0.1) is 0 Å². The number of ether oxygens (including phenoxy) is 1. The standard InChI is InChI=1S/C16H23NO2/c1-2-19-15(18)12-16(17)10-8-14(9-11-16)13-6-4-3-5-7-13/h3-7,14H,2,8-12,17H2,1H3. The fraction of sp³-hybridized carbons (Fsp3) is 0.562. The van der Waals surface area contributed by atoms with Gasteiger partial charge < -0.3 is 10.5 Å². The van der Waals surface area contributed by atoms with E-state index in [1.807, 2.05) is 13.0 Å². The van der Waals surface area contributed by atoms with Gasteiger partial charge in [0.15, 0.2) is 0 Å². The minimum Gasteiger partial charge on any atom is -0.466 e. The average Bonchev–Trinajstić information content (AvgIpc) is 2.40. The monoisotopic (exact) mass is 261 g/mol. The fourth-order valence-corrected chi connectivity index (χ4v) is 2.93. The molecular weight excluding hydrogens is 238 g/mol. The molecule has 0 saturated heterocycles. The number of esters is 1. The van der Waals surface area contributed by atoms with E-state index in [1.165, 1.54) is 5.56 Å². The van der Waals surface area contributed by atoms with Gasteiger partial charge >= 0.3 is 5.97 Å². The molecule has 1 fully saturated rings. The van der Waals surface area contributed by atoms with E-state index < -0.39 is 0 Å². The van der Waals surface area contributed by atoms with E-state index in [2.05, 4.69) is 24.3 Å². The molecule has 1 aliphatic rings. The topological polar surface area (TPSA) is 52.3 Å². The highest BCUT2D eigenvalue weighted by Gasteiger charge is 2.34. The van der Waals surface area contributed by atoms with Gasteiger partial charge in [-0.05, 0) is 44.1 Å². The summed E-state index contributed by atoms with van der Waals surface area (Å²) in [7, 11) is 0. The maximum absolute atomic E-state index is 11.6. The summed E-state index contributed by atoms with van der Waals surface area (Å²) in [6.07, 6.45) is 4.25. The Balaban J connectivity index is 1.89. The zero-order chi connectivity index (χ0) is 13.7. The number of nitrogens with two attached hydrogens (primary N) is 1. The lowest BCUT2D eigenvalue weighted by Crippen LogP contribution is -2.45. The van der Waals surface area contributed by atoms with Gasteiger partial charge in [0.05, 0.1) is 13.0 Å². The van der Waals surface area contributed by atoms with Crippen LogP contribution in [0.15, 0.2) is 30.3 Å². The summed E-state index contributed by atoms with van der Waals surface area (Å²) >= 11 is 0. The van der Waals surface area contributed by atoms with Crippen molar-refractivity contribution in [2.45, 2.75) is 50.5 Å². The van der Waals surface area contributed by atoms with Crippen LogP contribution >= 0.6 is 0 Å². The number of carbonyl (C=O) groups is 1. The third kappa shape index (κ3) is 3.80. The highest BCUT2D eigenvalue weighted by molar-refractivity contribution is 5.70. The van der Waals surface area contributed by atoms with Crippen molar-refractivity contribution in [2.24, 2.45) is 5.73 Å². The Morgan fingerprint density at radius 1 is 1.32 bits per heavy atom.